The number of pyridine rings is 1. The summed E-state index contributed by atoms with van der Waals surface area (Å²) in [6.07, 6.45) is 3.80. The van der Waals surface area contributed by atoms with E-state index in [2.05, 4.69) is 77.1 Å². The Morgan fingerprint density at radius 2 is 1.33 bits per heavy atom. The van der Waals surface area contributed by atoms with E-state index in [0.717, 1.165) is 27.2 Å². The van der Waals surface area contributed by atoms with Gasteiger partial charge in [-0.1, -0.05) is 78.9 Å². The number of benzene rings is 3. The molecular formula is C24H16N2S. The van der Waals surface area contributed by atoms with Crippen LogP contribution in [0.1, 0.15) is 0 Å². The first-order chi connectivity index (χ1) is 13.4. The second-order valence-electron chi connectivity index (χ2n) is 6.39. The standard InChI is InChI=1S/C24H16N2S/c1-2-6-17(7-3-1)18-10-12-19(13-11-18)23-16-27-24(26-23)22-15-25-14-20-8-4-5-9-21(20)22/h1-16H. The summed E-state index contributed by atoms with van der Waals surface area (Å²) in [5.41, 5.74) is 5.66. The van der Waals surface area contributed by atoms with Gasteiger partial charge in [-0.15, -0.1) is 11.3 Å². The number of hydrogen-bond donors (Lipinski definition) is 0. The molecule has 0 atom stereocenters. The van der Waals surface area contributed by atoms with E-state index in [1.807, 2.05) is 24.5 Å². The Kier molecular flexibility index (Phi) is 4.00. The zero-order valence-corrected chi connectivity index (χ0v) is 15.4. The minimum absolute atomic E-state index is 1.00. The summed E-state index contributed by atoms with van der Waals surface area (Å²) < 4.78 is 0. The first kappa shape index (κ1) is 15.9. The van der Waals surface area contributed by atoms with Crippen LogP contribution in [0.5, 0.6) is 0 Å². The van der Waals surface area contributed by atoms with Crippen molar-refractivity contribution in [3.63, 3.8) is 0 Å². The Bertz CT molecular complexity index is 1200. The van der Waals surface area contributed by atoms with Crippen LogP contribution in [0.3, 0.4) is 0 Å². The quantitative estimate of drug-likeness (QED) is 0.356. The largest absolute Gasteiger partial charge is 0.263 e. The summed E-state index contributed by atoms with van der Waals surface area (Å²) in [6, 6.07) is 27.3. The molecule has 0 saturated carbocycles. The maximum atomic E-state index is 4.88. The SMILES string of the molecule is c1ccc(-c2ccc(-c3csc(-c4cncc5ccccc45)n3)cc2)cc1. The van der Waals surface area contributed by atoms with Crippen molar-refractivity contribution in [2.75, 3.05) is 0 Å². The molecule has 3 aromatic carbocycles. The number of fused-ring (bicyclic) bond motifs is 1. The van der Waals surface area contributed by atoms with Crippen LogP contribution in [0.25, 0.3) is 43.7 Å². The number of thiazole rings is 1. The lowest BCUT2D eigenvalue weighted by Gasteiger charge is -2.03. The summed E-state index contributed by atoms with van der Waals surface area (Å²) in [4.78, 5) is 9.26. The van der Waals surface area contributed by atoms with Gasteiger partial charge in [-0.2, -0.15) is 0 Å². The Morgan fingerprint density at radius 3 is 2.19 bits per heavy atom. The molecule has 3 heteroatoms. The maximum Gasteiger partial charge on any atom is 0.126 e. The number of hydrogen-bond acceptors (Lipinski definition) is 3. The van der Waals surface area contributed by atoms with Crippen LogP contribution < -0.4 is 0 Å². The van der Waals surface area contributed by atoms with Crippen molar-refractivity contribution < 1.29 is 0 Å². The fourth-order valence-corrected chi connectivity index (χ4v) is 4.13. The van der Waals surface area contributed by atoms with E-state index in [-0.39, 0.29) is 0 Å². The molecule has 0 bridgehead atoms. The van der Waals surface area contributed by atoms with E-state index in [1.54, 1.807) is 11.3 Å². The van der Waals surface area contributed by atoms with E-state index in [0.29, 0.717) is 0 Å². The molecule has 0 fully saturated rings. The van der Waals surface area contributed by atoms with Crippen LogP contribution in [0.4, 0.5) is 0 Å². The molecule has 0 aliphatic carbocycles. The highest BCUT2D eigenvalue weighted by Crippen LogP contribution is 2.33. The lowest BCUT2D eigenvalue weighted by atomic mass is 10.0. The van der Waals surface area contributed by atoms with Crippen LogP contribution in [0.2, 0.25) is 0 Å². The minimum atomic E-state index is 1.00. The van der Waals surface area contributed by atoms with E-state index in [1.165, 1.54) is 16.5 Å². The van der Waals surface area contributed by atoms with Crippen LogP contribution in [0, 0.1) is 0 Å². The number of nitrogens with zero attached hydrogens (tertiary/aromatic N) is 2. The van der Waals surface area contributed by atoms with Crippen molar-refractivity contribution in [2.45, 2.75) is 0 Å². The molecule has 5 aromatic rings. The third kappa shape index (κ3) is 3.03. The van der Waals surface area contributed by atoms with E-state index in [4.69, 9.17) is 4.98 Å². The molecule has 0 amide bonds. The molecule has 0 spiro atoms. The second kappa shape index (κ2) is 6.78. The third-order valence-corrected chi connectivity index (χ3v) is 5.57. The van der Waals surface area contributed by atoms with Gasteiger partial charge in [0.05, 0.1) is 5.69 Å². The average molecular weight is 364 g/mol. The molecule has 2 heterocycles. The Labute approximate surface area is 161 Å². The van der Waals surface area contributed by atoms with Gasteiger partial charge in [0.15, 0.2) is 0 Å². The number of rotatable bonds is 3. The number of aromatic nitrogens is 2. The van der Waals surface area contributed by atoms with Crippen LogP contribution in [-0.4, -0.2) is 9.97 Å². The van der Waals surface area contributed by atoms with Crippen LogP contribution in [0.15, 0.2) is 96.6 Å². The summed E-state index contributed by atoms with van der Waals surface area (Å²) in [5, 5.41) is 5.45. The zero-order valence-electron chi connectivity index (χ0n) is 14.5. The van der Waals surface area contributed by atoms with Gasteiger partial charge in [0.2, 0.25) is 0 Å². The predicted octanol–water partition coefficient (Wildman–Crippen LogP) is 6.69. The highest BCUT2D eigenvalue weighted by atomic mass is 32.1. The minimum Gasteiger partial charge on any atom is -0.263 e. The van der Waals surface area contributed by atoms with Crippen molar-refractivity contribution in [2.24, 2.45) is 0 Å². The second-order valence-corrected chi connectivity index (χ2v) is 7.25. The molecule has 0 aliphatic heterocycles. The van der Waals surface area contributed by atoms with Gasteiger partial charge >= 0.3 is 0 Å². The normalized spacial score (nSPS) is 11.0. The Hall–Kier alpha value is -3.30. The molecule has 0 unspecified atom stereocenters. The fourth-order valence-electron chi connectivity index (χ4n) is 3.28. The monoisotopic (exact) mass is 364 g/mol. The Morgan fingerprint density at radius 1 is 0.630 bits per heavy atom. The summed E-state index contributed by atoms with van der Waals surface area (Å²) in [5.74, 6) is 0. The average Bonchev–Trinajstić information content (AvgIpc) is 3.24. The molecule has 5 rings (SSSR count). The molecule has 128 valence electrons. The summed E-state index contributed by atoms with van der Waals surface area (Å²) in [7, 11) is 0. The molecular weight excluding hydrogens is 348 g/mol. The summed E-state index contributed by atoms with van der Waals surface area (Å²) >= 11 is 1.66. The van der Waals surface area contributed by atoms with Crippen molar-refractivity contribution in [3.8, 4) is 33.0 Å². The van der Waals surface area contributed by atoms with Crippen molar-refractivity contribution in [1.29, 1.82) is 0 Å². The molecule has 27 heavy (non-hydrogen) atoms. The molecule has 0 radical (unpaired) electrons. The van der Waals surface area contributed by atoms with Crippen molar-refractivity contribution in [3.05, 3.63) is 96.6 Å². The van der Waals surface area contributed by atoms with Gasteiger partial charge in [-0.05, 0) is 16.5 Å². The van der Waals surface area contributed by atoms with Gasteiger partial charge in [-0.3, -0.25) is 4.98 Å². The third-order valence-electron chi connectivity index (χ3n) is 4.69. The Balaban J connectivity index is 1.50. The van der Waals surface area contributed by atoms with Crippen molar-refractivity contribution in [1.82, 2.24) is 9.97 Å². The van der Waals surface area contributed by atoms with Gasteiger partial charge in [-0.25, -0.2) is 4.98 Å². The van der Waals surface area contributed by atoms with Crippen LogP contribution >= 0.6 is 11.3 Å². The lowest BCUT2D eigenvalue weighted by molar-refractivity contribution is 1.34. The fraction of sp³-hybridized carbons (Fsp3) is 0. The molecule has 2 nitrogen and oxygen atoms in total. The topological polar surface area (TPSA) is 25.8 Å². The molecule has 2 aromatic heterocycles. The molecule has 0 saturated heterocycles. The van der Waals surface area contributed by atoms with Gasteiger partial charge in [0, 0.05) is 34.3 Å². The highest BCUT2D eigenvalue weighted by Gasteiger charge is 2.10. The van der Waals surface area contributed by atoms with Crippen LogP contribution in [-0.2, 0) is 0 Å². The highest BCUT2D eigenvalue weighted by molar-refractivity contribution is 7.13. The molecule has 0 aliphatic rings. The van der Waals surface area contributed by atoms with Gasteiger partial charge in [0.25, 0.3) is 0 Å². The van der Waals surface area contributed by atoms with E-state index < -0.39 is 0 Å². The van der Waals surface area contributed by atoms with Gasteiger partial charge < -0.3 is 0 Å². The first-order valence-corrected chi connectivity index (χ1v) is 9.71. The van der Waals surface area contributed by atoms with Gasteiger partial charge in [0.1, 0.15) is 5.01 Å². The summed E-state index contributed by atoms with van der Waals surface area (Å²) in [6.45, 7) is 0. The van der Waals surface area contributed by atoms with E-state index >= 15 is 0 Å². The van der Waals surface area contributed by atoms with Crippen molar-refractivity contribution >= 4 is 22.1 Å². The first-order valence-electron chi connectivity index (χ1n) is 8.83. The smallest absolute Gasteiger partial charge is 0.126 e. The molecule has 0 N–H and O–H groups in total. The van der Waals surface area contributed by atoms with E-state index in [9.17, 15) is 0 Å². The maximum absolute atomic E-state index is 4.88. The zero-order chi connectivity index (χ0) is 18.1. The predicted molar refractivity (Wildman–Crippen MR) is 114 cm³/mol. The lowest BCUT2D eigenvalue weighted by Crippen LogP contribution is -1.84.